The van der Waals surface area contributed by atoms with Gasteiger partial charge in [-0.3, -0.25) is 28.8 Å². The van der Waals surface area contributed by atoms with E-state index in [1.807, 2.05) is 12.1 Å². The second kappa shape index (κ2) is 51.0. The monoisotopic (exact) mass is 1210 g/mol. The van der Waals surface area contributed by atoms with E-state index in [1.54, 1.807) is 13.8 Å². The first-order valence-electron chi connectivity index (χ1n) is 35.9. The van der Waals surface area contributed by atoms with Gasteiger partial charge >= 0.3 is 0 Å². The van der Waals surface area contributed by atoms with Crippen molar-refractivity contribution >= 4 is 46.3 Å². The molecule has 0 spiro atoms. The first-order chi connectivity index (χ1) is 41.1. The van der Waals surface area contributed by atoms with Crippen LogP contribution in [0.5, 0.6) is 0 Å². The molecule has 0 saturated heterocycles. The number of hydrogen-bond donors (Lipinski definition) is 0. The summed E-state index contributed by atoms with van der Waals surface area (Å²) in [7, 11) is 0. The van der Waals surface area contributed by atoms with E-state index in [4.69, 9.17) is 0 Å². The standard InChI is InChI=1S/C16H30O.C12H14O.C11H22O.C9H16O.C9H14O.C8H14O.C7H12O.C7H14O/c1-15-12-10-8-6-4-2-3-5-7-9-11-13-16(17)14-15;13-12-8-4-7-11(9-12)10-5-2-1-3-6-10;1-9(2)6-5-7-10(3)8-11(4)12;1-7-4-8(10)6-9(2,3)5-7;1-2-4-8-5-3-6-9(10)7-8;1-6-3-7(2)5-8(9)4-6;1-6-3-2-4-7(8)5-6;1-4-6(2)5-7(3)8/h15H,2-14H2,1H3;1-3,5-6,11H,4,7-9H2;9-10H,5-8H2,1-4H3;7H,4-6H2,1-3H3;2,8H,1,3-7H2;6-7H,3-5H2,1-2H3;6H,2-5H2,1H3;6H,4-5H2,1-3H3/t;;;;;6-,7-;;/m.....0../s1. The second-order valence-electron chi connectivity index (χ2n) is 30.0. The minimum Gasteiger partial charge on any atom is -0.300 e. The van der Waals surface area contributed by atoms with Gasteiger partial charge < -0.3 is 9.59 Å². The van der Waals surface area contributed by atoms with Crippen LogP contribution in [0.4, 0.5) is 0 Å². The lowest BCUT2D eigenvalue weighted by molar-refractivity contribution is -0.125. The van der Waals surface area contributed by atoms with Gasteiger partial charge in [0, 0.05) is 89.9 Å². The summed E-state index contributed by atoms with van der Waals surface area (Å²) in [6.45, 7) is 33.1. The number of benzene rings is 1. The number of hydrogen-bond acceptors (Lipinski definition) is 8. The van der Waals surface area contributed by atoms with Crippen molar-refractivity contribution in [2.75, 3.05) is 0 Å². The lowest BCUT2D eigenvalue weighted by Gasteiger charge is -2.32. The molecule has 0 heterocycles. The molecule has 7 rings (SSSR count). The van der Waals surface area contributed by atoms with E-state index in [0.717, 1.165) is 134 Å². The third kappa shape index (κ3) is 50.7. The van der Waals surface area contributed by atoms with Gasteiger partial charge in [0.2, 0.25) is 0 Å². The lowest BCUT2D eigenvalue weighted by Crippen LogP contribution is -2.27. The number of Topliss-reactive ketones (excluding diaryl/α,β-unsaturated/α-hetero) is 8. The summed E-state index contributed by atoms with van der Waals surface area (Å²) >= 11 is 0. The van der Waals surface area contributed by atoms with Gasteiger partial charge in [0.05, 0.1) is 0 Å². The minimum absolute atomic E-state index is 0.273. The number of ketones is 8. The fourth-order valence-corrected chi connectivity index (χ4v) is 13.5. The van der Waals surface area contributed by atoms with Crippen LogP contribution in [0.25, 0.3) is 0 Å². The number of carbonyl (C=O) groups is 8. The normalized spacial score (nSPS) is 25.2. The van der Waals surface area contributed by atoms with Crippen LogP contribution >= 0.6 is 0 Å². The van der Waals surface area contributed by atoms with Gasteiger partial charge in [0.25, 0.3) is 0 Å². The molecular weight excluding hydrogens is 1080 g/mol. The van der Waals surface area contributed by atoms with Crippen molar-refractivity contribution in [3.63, 3.8) is 0 Å². The fraction of sp³-hybridized carbons (Fsp3) is 0.797. The van der Waals surface area contributed by atoms with Crippen LogP contribution in [0.2, 0.25) is 0 Å². The Balaban J connectivity index is 0.000000984. The molecule has 0 N–H and O–H groups in total. The van der Waals surface area contributed by atoms with Crippen molar-refractivity contribution in [3.05, 3.63) is 48.6 Å². The molecule has 500 valence electrons. The van der Waals surface area contributed by atoms with Gasteiger partial charge in [-0.25, -0.2) is 0 Å². The first kappa shape index (κ1) is 83.3. The summed E-state index contributed by atoms with van der Waals surface area (Å²) in [5.74, 6) is 9.61. The molecular formula is C79H136O8. The van der Waals surface area contributed by atoms with E-state index in [2.05, 4.69) is 114 Å². The van der Waals surface area contributed by atoms with Crippen LogP contribution < -0.4 is 0 Å². The number of allylic oxidation sites excluding steroid dienone is 1. The molecule has 0 aliphatic heterocycles. The molecule has 6 aliphatic rings. The van der Waals surface area contributed by atoms with Crippen molar-refractivity contribution in [2.45, 2.75) is 347 Å². The van der Waals surface area contributed by atoms with Gasteiger partial charge in [-0.2, -0.15) is 0 Å². The maximum Gasteiger partial charge on any atom is 0.133 e. The van der Waals surface area contributed by atoms with Crippen LogP contribution in [0.15, 0.2) is 43.0 Å². The zero-order valence-electron chi connectivity index (χ0n) is 59.1. The van der Waals surface area contributed by atoms with E-state index in [9.17, 15) is 38.4 Å². The highest BCUT2D eigenvalue weighted by molar-refractivity contribution is 5.81. The molecule has 6 fully saturated rings. The van der Waals surface area contributed by atoms with Crippen molar-refractivity contribution in [1.29, 1.82) is 0 Å². The topological polar surface area (TPSA) is 137 Å². The molecule has 1 aromatic carbocycles. The summed E-state index contributed by atoms with van der Waals surface area (Å²) in [6.07, 6.45) is 43.2. The number of rotatable bonds is 12. The Morgan fingerprint density at radius 2 is 0.943 bits per heavy atom. The molecule has 1 aromatic rings. The molecule has 6 aliphatic carbocycles. The maximum atomic E-state index is 11.7. The highest BCUT2D eigenvalue weighted by atomic mass is 16.2. The van der Waals surface area contributed by atoms with Gasteiger partial charge in [-0.05, 0) is 148 Å². The van der Waals surface area contributed by atoms with Crippen molar-refractivity contribution in [3.8, 4) is 0 Å². The molecule has 0 radical (unpaired) electrons. The summed E-state index contributed by atoms with van der Waals surface area (Å²) < 4.78 is 0. The Labute approximate surface area is 536 Å². The van der Waals surface area contributed by atoms with Crippen LogP contribution in [-0.4, -0.2) is 46.3 Å². The molecule has 8 heteroatoms. The van der Waals surface area contributed by atoms with Gasteiger partial charge in [0.1, 0.15) is 46.3 Å². The molecule has 0 aromatic heterocycles. The minimum atomic E-state index is 0.273. The van der Waals surface area contributed by atoms with Crippen LogP contribution in [-0.2, 0) is 38.4 Å². The van der Waals surface area contributed by atoms with Crippen molar-refractivity contribution < 1.29 is 38.4 Å². The Bertz CT molecular complexity index is 2020. The summed E-state index contributed by atoms with van der Waals surface area (Å²) in [5, 5.41) is 0. The van der Waals surface area contributed by atoms with Crippen molar-refractivity contribution in [2.24, 2.45) is 58.7 Å². The molecule has 6 saturated carbocycles. The maximum absolute atomic E-state index is 11.7. The summed E-state index contributed by atoms with van der Waals surface area (Å²) in [5.41, 5.74) is 1.60. The smallest absolute Gasteiger partial charge is 0.133 e. The SMILES string of the molecule is C=CCC1CCCC(=O)C1.CC(=O)CC(C)CCCC(C)C.CC1CC(=O)CC(C)(C)C1.CC1CCCC(=O)C1.CC1CCCCCCCCCCCCC(=O)C1.CCC(C)CC(C)=O.C[C@@H]1CC(=O)C[C@@H](C)C1.O=C1CCCC(c2ccccc2)C1. The van der Waals surface area contributed by atoms with Crippen LogP contribution in [0.1, 0.15) is 352 Å². The summed E-state index contributed by atoms with van der Waals surface area (Å²) in [4.78, 5) is 87.7. The molecule has 87 heavy (non-hydrogen) atoms. The first-order valence-corrected chi connectivity index (χ1v) is 35.9. The van der Waals surface area contributed by atoms with E-state index in [-0.39, 0.29) is 5.41 Å². The predicted molar refractivity (Wildman–Crippen MR) is 368 cm³/mol. The van der Waals surface area contributed by atoms with Gasteiger partial charge in [0.15, 0.2) is 0 Å². The van der Waals surface area contributed by atoms with E-state index >= 15 is 0 Å². The Kier molecular flexibility index (Phi) is 48.8. The quantitative estimate of drug-likeness (QED) is 0.189. The third-order valence-corrected chi connectivity index (χ3v) is 18.1. The zero-order valence-corrected chi connectivity index (χ0v) is 59.1. The second-order valence-corrected chi connectivity index (χ2v) is 30.0. The highest BCUT2D eigenvalue weighted by Crippen LogP contribution is 2.36. The Morgan fingerprint density at radius 3 is 1.38 bits per heavy atom. The summed E-state index contributed by atoms with van der Waals surface area (Å²) in [6, 6.07) is 10.4. The zero-order chi connectivity index (χ0) is 65.6. The average molecular weight is 1210 g/mol. The average Bonchev–Trinajstić information content (AvgIpc) is 3.51. The lowest BCUT2D eigenvalue weighted by atomic mass is 9.72. The number of carbonyl (C=O) groups excluding carboxylic acids is 8. The highest BCUT2D eigenvalue weighted by Gasteiger charge is 2.30. The van der Waals surface area contributed by atoms with Crippen LogP contribution in [0, 0.1) is 58.7 Å². The molecule has 7 unspecified atom stereocenters. The van der Waals surface area contributed by atoms with Crippen LogP contribution in [0.3, 0.4) is 0 Å². The fourth-order valence-electron chi connectivity index (χ4n) is 13.5. The van der Waals surface area contributed by atoms with E-state index in [0.29, 0.717) is 99.5 Å². The van der Waals surface area contributed by atoms with Gasteiger partial charge in [-0.1, -0.05) is 209 Å². The Morgan fingerprint density at radius 1 is 0.506 bits per heavy atom. The largest absolute Gasteiger partial charge is 0.300 e. The molecule has 8 nitrogen and oxygen atoms in total. The molecule has 0 amide bonds. The molecule has 9 atom stereocenters. The van der Waals surface area contributed by atoms with E-state index in [1.165, 1.54) is 121 Å². The predicted octanol–water partition coefficient (Wildman–Crippen LogP) is 22.1. The Hall–Kier alpha value is -3.68. The third-order valence-electron chi connectivity index (χ3n) is 18.1. The van der Waals surface area contributed by atoms with Crippen molar-refractivity contribution in [1.82, 2.24) is 0 Å². The molecule has 0 bridgehead atoms. The van der Waals surface area contributed by atoms with Gasteiger partial charge in [-0.15, -0.1) is 6.58 Å². The van der Waals surface area contributed by atoms with E-state index < -0.39 is 0 Å².